The molecule has 1 aliphatic rings. The Morgan fingerprint density at radius 3 is 2.44 bits per heavy atom. The molecule has 4 nitrogen and oxygen atoms in total. The summed E-state index contributed by atoms with van der Waals surface area (Å²) in [5.41, 5.74) is -0.880. The van der Waals surface area contributed by atoms with Crippen LogP contribution in [0.15, 0.2) is 12.7 Å². The standard InChI is InChI=1S/C14H22N2O2/c1-2-9-16(10-11-17)13(18)14(12-15)7-5-3-4-6-8-14/h2,17H,1,3-11H2. The van der Waals surface area contributed by atoms with Crippen LogP contribution in [0.4, 0.5) is 0 Å². The lowest BCUT2D eigenvalue weighted by Gasteiger charge is -2.30. The summed E-state index contributed by atoms with van der Waals surface area (Å²) in [5.74, 6) is -0.138. The molecule has 1 aliphatic carbocycles. The van der Waals surface area contributed by atoms with Crippen molar-refractivity contribution in [1.82, 2.24) is 4.90 Å². The van der Waals surface area contributed by atoms with Crippen molar-refractivity contribution in [2.75, 3.05) is 19.7 Å². The lowest BCUT2D eigenvalue weighted by Crippen LogP contribution is -2.44. The lowest BCUT2D eigenvalue weighted by atomic mass is 9.80. The summed E-state index contributed by atoms with van der Waals surface area (Å²) in [5, 5.41) is 18.4. The smallest absolute Gasteiger partial charge is 0.243 e. The van der Waals surface area contributed by atoms with Gasteiger partial charge in [-0.1, -0.05) is 31.8 Å². The topological polar surface area (TPSA) is 64.3 Å². The highest BCUT2D eigenvalue weighted by Gasteiger charge is 2.41. The molecule has 0 unspecified atom stereocenters. The third-order valence-electron chi connectivity index (χ3n) is 3.59. The Kier molecular flexibility index (Phi) is 5.87. The molecule has 0 aromatic carbocycles. The maximum absolute atomic E-state index is 12.5. The predicted octanol–water partition coefficient (Wildman–Crippen LogP) is 1.86. The number of hydrogen-bond donors (Lipinski definition) is 1. The van der Waals surface area contributed by atoms with E-state index >= 15 is 0 Å². The number of carbonyl (C=O) groups excluding carboxylic acids is 1. The summed E-state index contributed by atoms with van der Waals surface area (Å²) in [6.07, 6.45) is 6.97. The normalized spacial score (nSPS) is 18.4. The first-order valence-corrected chi connectivity index (χ1v) is 6.62. The van der Waals surface area contributed by atoms with Crippen LogP contribution in [0.2, 0.25) is 0 Å². The van der Waals surface area contributed by atoms with Crippen molar-refractivity contribution in [1.29, 1.82) is 5.26 Å². The van der Waals surface area contributed by atoms with Gasteiger partial charge in [0.1, 0.15) is 5.41 Å². The molecule has 0 heterocycles. The number of nitrogens with zero attached hydrogens (tertiary/aromatic N) is 2. The molecule has 1 rings (SSSR count). The fraction of sp³-hybridized carbons (Fsp3) is 0.714. The average Bonchev–Trinajstić information content (AvgIpc) is 2.64. The number of aliphatic hydroxyl groups is 1. The van der Waals surface area contributed by atoms with Crippen molar-refractivity contribution in [3.8, 4) is 6.07 Å². The van der Waals surface area contributed by atoms with E-state index in [1.807, 2.05) is 0 Å². The molecular weight excluding hydrogens is 228 g/mol. The van der Waals surface area contributed by atoms with E-state index in [-0.39, 0.29) is 19.1 Å². The minimum absolute atomic E-state index is 0.0823. The van der Waals surface area contributed by atoms with Crippen molar-refractivity contribution in [2.45, 2.75) is 38.5 Å². The molecule has 0 atom stereocenters. The van der Waals surface area contributed by atoms with Gasteiger partial charge >= 0.3 is 0 Å². The van der Waals surface area contributed by atoms with Crippen LogP contribution >= 0.6 is 0 Å². The van der Waals surface area contributed by atoms with Gasteiger partial charge in [-0.3, -0.25) is 4.79 Å². The van der Waals surface area contributed by atoms with Gasteiger partial charge in [0.05, 0.1) is 12.7 Å². The van der Waals surface area contributed by atoms with E-state index in [9.17, 15) is 10.1 Å². The molecule has 100 valence electrons. The van der Waals surface area contributed by atoms with Crippen molar-refractivity contribution in [3.63, 3.8) is 0 Å². The van der Waals surface area contributed by atoms with Crippen LogP contribution in [0.3, 0.4) is 0 Å². The van der Waals surface area contributed by atoms with Gasteiger partial charge in [0.15, 0.2) is 0 Å². The molecule has 4 heteroatoms. The van der Waals surface area contributed by atoms with Crippen molar-refractivity contribution < 1.29 is 9.90 Å². The van der Waals surface area contributed by atoms with E-state index < -0.39 is 5.41 Å². The van der Waals surface area contributed by atoms with E-state index in [4.69, 9.17) is 5.11 Å². The van der Waals surface area contributed by atoms with E-state index in [0.717, 1.165) is 25.7 Å². The number of amides is 1. The molecule has 0 bridgehead atoms. The Hall–Kier alpha value is -1.34. The second kappa shape index (κ2) is 7.17. The largest absolute Gasteiger partial charge is 0.395 e. The summed E-state index contributed by atoms with van der Waals surface area (Å²) < 4.78 is 0. The molecule has 0 spiro atoms. The summed E-state index contributed by atoms with van der Waals surface area (Å²) in [7, 11) is 0. The van der Waals surface area contributed by atoms with Crippen molar-refractivity contribution in [2.24, 2.45) is 5.41 Å². The maximum Gasteiger partial charge on any atom is 0.243 e. The molecule has 0 aliphatic heterocycles. The molecule has 1 amide bonds. The zero-order valence-corrected chi connectivity index (χ0v) is 10.9. The average molecular weight is 250 g/mol. The van der Waals surface area contributed by atoms with Crippen molar-refractivity contribution >= 4 is 5.91 Å². The first kappa shape index (κ1) is 14.7. The Balaban J connectivity index is 2.87. The highest BCUT2D eigenvalue weighted by Crippen LogP contribution is 2.36. The van der Waals surface area contributed by atoms with E-state index in [1.165, 1.54) is 0 Å². The molecule has 1 fully saturated rings. The Morgan fingerprint density at radius 2 is 2.00 bits per heavy atom. The van der Waals surface area contributed by atoms with Gasteiger partial charge in [0, 0.05) is 13.1 Å². The first-order valence-electron chi connectivity index (χ1n) is 6.62. The van der Waals surface area contributed by atoms with Crippen LogP contribution < -0.4 is 0 Å². The van der Waals surface area contributed by atoms with Gasteiger partial charge in [-0.25, -0.2) is 0 Å². The number of aliphatic hydroxyl groups excluding tert-OH is 1. The molecule has 0 saturated heterocycles. The van der Waals surface area contributed by atoms with Crippen LogP contribution in [0, 0.1) is 16.7 Å². The van der Waals surface area contributed by atoms with Gasteiger partial charge < -0.3 is 10.0 Å². The van der Waals surface area contributed by atoms with Crippen LogP contribution in [0.5, 0.6) is 0 Å². The van der Waals surface area contributed by atoms with Crippen LogP contribution in [-0.4, -0.2) is 35.6 Å². The number of hydrogen-bond acceptors (Lipinski definition) is 3. The minimum Gasteiger partial charge on any atom is -0.395 e. The number of carbonyl (C=O) groups is 1. The van der Waals surface area contributed by atoms with Gasteiger partial charge in [0.2, 0.25) is 5.91 Å². The number of nitriles is 1. The van der Waals surface area contributed by atoms with Crippen LogP contribution in [0.25, 0.3) is 0 Å². The lowest BCUT2D eigenvalue weighted by molar-refractivity contribution is -0.139. The van der Waals surface area contributed by atoms with Gasteiger partial charge in [-0.15, -0.1) is 6.58 Å². The minimum atomic E-state index is -0.880. The third kappa shape index (κ3) is 3.33. The second-order valence-electron chi connectivity index (χ2n) is 4.87. The Bertz CT molecular complexity index is 325. The molecule has 0 radical (unpaired) electrons. The fourth-order valence-electron chi connectivity index (χ4n) is 2.56. The summed E-state index contributed by atoms with van der Waals surface area (Å²) >= 11 is 0. The fourth-order valence-corrected chi connectivity index (χ4v) is 2.56. The SMILES string of the molecule is C=CCN(CCO)C(=O)C1(C#N)CCCCCC1. The zero-order valence-electron chi connectivity index (χ0n) is 10.9. The molecule has 1 saturated carbocycles. The monoisotopic (exact) mass is 250 g/mol. The van der Waals surface area contributed by atoms with E-state index in [0.29, 0.717) is 19.4 Å². The van der Waals surface area contributed by atoms with Crippen molar-refractivity contribution in [3.05, 3.63) is 12.7 Å². The molecule has 1 N–H and O–H groups in total. The molecule has 0 aromatic rings. The Morgan fingerprint density at radius 1 is 1.39 bits per heavy atom. The summed E-state index contributed by atoms with van der Waals surface area (Å²) in [6.45, 7) is 4.20. The second-order valence-corrected chi connectivity index (χ2v) is 4.87. The highest BCUT2D eigenvalue weighted by molar-refractivity contribution is 5.85. The van der Waals surface area contributed by atoms with E-state index in [2.05, 4.69) is 12.6 Å². The van der Waals surface area contributed by atoms with E-state index in [1.54, 1.807) is 11.0 Å². The first-order chi connectivity index (χ1) is 8.70. The van der Waals surface area contributed by atoms with Crippen LogP contribution in [-0.2, 0) is 4.79 Å². The molecule has 18 heavy (non-hydrogen) atoms. The summed E-state index contributed by atoms with van der Waals surface area (Å²) in [4.78, 5) is 14.1. The van der Waals surface area contributed by atoms with Gasteiger partial charge in [0.25, 0.3) is 0 Å². The summed E-state index contributed by atoms with van der Waals surface area (Å²) in [6, 6.07) is 2.25. The van der Waals surface area contributed by atoms with Crippen LogP contribution in [0.1, 0.15) is 38.5 Å². The molecule has 0 aromatic heterocycles. The number of rotatable bonds is 5. The quantitative estimate of drug-likeness (QED) is 0.598. The Labute approximate surface area is 109 Å². The van der Waals surface area contributed by atoms with Gasteiger partial charge in [-0.05, 0) is 12.8 Å². The molecular formula is C14H22N2O2. The highest BCUT2D eigenvalue weighted by atomic mass is 16.3. The maximum atomic E-state index is 12.5. The predicted molar refractivity (Wildman–Crippen MR) is 69.6 cm³/mol. The van der Waals surface area contributed by atoms with Gasteiger partial charge in [-0.2, -0.15) is 5.26 Å². The third-order valence-corrected chi connectivity index (χ3v) is 3.59. The zero-order chi connectivity index (χ0) is 13.4.